The largest absolute Gasteiger partial charge is 0.356 e. The monoisotopic (exact) mass is 193 g/mol. The zero-order chi connectivity index (χ0) is 9.52. The lowest BCUT2D eigenvalue weighted by atomic mass is 10.4. The summed E-state index contributed by atoms with van der Waals surface area (Å²) in [5.41, 5.74) is 0. The highest BCUT2D eigenvalue weighted by Gasteiger charge is 1.89. The van der Waals surface area contributed by atoms with Gasteiger partial charge in [0.1, 0.15) is 0 Å². The highest BCUT2D eigenvalue weighted by Crippen LogP contribution is 2.17. The number of rotatable bonds is 3. The van der Waals surface area contributed by atoms with Crippen LogP contribution in [0.5, 0.6) is 0 Å². The summed E-state index contributed by atoms with van der Waals surface area (Å²) >= 11 is 1.52. The molecule has 0 radical (unpaired) electrons. The minimum atomic E-state index is -0.0802. The summed E-state index contributed by atoms with van der Waals surface area (Å²) in [6, 6.07) is 9.90. The number of hydrogen-bond donors (Lipinski definition) is 1. The number of carbonyl (C=O) groups is 1. The number of carbonyl (C=O) groups excluding carboxylic acids is 1. The molecule has 1 amide bonds. The van der Waals surface area contributed by atoms with E-state index in [1.54, 1.807) is 12.5 Å². The van der Waals surface area contributed by atoms with Crippen LogP contribution in [-0.4, -0.2) is 13.0 Å². The third-order valence-corrected chi connectivity index (χ3v) is 2.23. The van der Waals surface area contributed by atoms with Crippen molar-refractivity contribution in [3.05, 3.63) is 41.8 Å². The highest BCUT2D eigenvalue weighted by atomic mass is 32.2. The van der Waals surface area contributed by atoms with Crippen molar-refractivity contribution in [3.63, 3.8) is 0 Å². The maximum absolute atomic E-state index is 10.8. The maximum atomic E-state index is 10.8. The van der Waals surface area contributed by atoms with Gasteiger partial charge in [0.15, 0.2) is 0 Å². The molecule has 1 aromatic carbocycles. The molecule has 2 nitrogen and oxygen atoms in total. The van der Waals surface area contributed by atoms with Crippen molar-refractivity contribution in [3.8, 4) is 0 Å². The highest BCUT2D eigenvalue weighted by molar-refractivity contribution is 8.02. The smallest absolute Gasteiger partial charge is 0.244 e. The second-order valence-corrected chi connectivity index (χ2v) is 3.33. The summed E-state index contributed by atoms with van der Waals surface area (Å²) in [5, 5.41) is 4.28. The van der Waals surface area contributed by atoms with Crippen LogP contribution < -0.4 is 5.32 Å². The summed E-state index contributed by atoms with van der Waals surface area (Å²) < 4.78 is 0. The van der Waals surface area contributed by atoms with Crippen molar-refractivity contribution < 1.29 is 4.79 Å². The van der Waals surface area contributed by atoms with Gasteiger partial charge in [-0.3, -0.25) is 4.79 Å². The van der Waals surface area contributed by atoms with Gasteiger partial charge >= 0.3 is 0 Å². The van der Waals surface area contributed by atoms with E-state index in [0.29, 0.717) is 0 Å². The molecule has 1 N–H and O–H groups in total. The van der Waals surface area contributed by atoms with E-state index in [0.717, 1.165) is 4.90 Å². The Hall–Kier alpha value is -1.22. The van der Waals surface area contributed by atoms with Crippen LogP contribution in [0.2, 0.25) is 0 Å². The summed E-state index contributed by atoms with van der Waals surface area (Å²) in [6.45, 7) is 0. The van der Waals surface area contributed by atoms with Gasteiger partial charge in [-0.1, -0.05) is 30.0 Å². The zero-order valence-corrected chi connectivity index (χ0v) is 8.17. The lowest BCUT2D eigenvalue weighted by molar-refractivity contribution is -0.116. The first kappa shape index (κ1) is 9.86. The number of amides is 1. The van der Waals surface area contributed by atoms with Crippen LogP contribution in [0.3, 0.4) is 0 Å². The fraction of sp³-hybridized carbons (Fsp3) is 0.100. The molecular weight excluding hydrogens is 182 g/mol. The molecule has 0 aliphatic rings. The zero-order valence-electron chi connectivity index (χ0n) is 7.36. The van der Waals surface area contributed by atoms with Gasteiger partial charge in [-0.15, -0.1) is 0 Å². The second kappa shape index (κ2) is 5.43. The summed E-state index contributed by atoms with van der Waals surface area (Å²) in [7, 11) is 1.61. The molecule has 1 aromatic rings. The molecule has 1 rings (SSSR count). The molecule has 0 saturated heterocycles. The van der Waals surface area contributed by atoms with Crippen LogP contribution in [0.1, 0.15) is 0 Å². The normalized spacial score (nSPS) is 10.2. The molecule has 13 heavy (non-hydrogen) atoms. The van der Waals surface area contributed by atoms with Gasteiger partial charge in [0.05, 0.1) is 0 Å². The van der Waals surface area contributed by atoms with Crippen LogP contribution in [0.25, 0.3) is 0 Å². The molecule has 0 aliphatic carbocycles. The van der Waals surface area contributed by atoms with Crippen LogP contribution >= 0.6 is 11.8 Å². The van der Waals surface area contributed by atoms with Gasteiger partial charge in [0.2, 0.25) is 5.91 Å². The average Bonchev–Trinajstić information content (AvgIpc) is 2.19. The Bertz CT molecular complexity index is 295. The van der Waals surface area contributed by atoms with Crippen molar-refractivity contribution in [2.24, 2.45) is 0 Å². The SMILES string of the molecule is CNC(=O)/C=C/Sc1ccccc1. The lowest BCUT2D eigenvalue weighted by Gasteiger charge is -1.93. The molecule has 0 bridgehead atoms. The van der Waals surface area contributed by atoms with Crippen molar-refractivity contribution in [1.82, 2.24) is 5.32 Å². The van der Waals surface area contributed by atoms with Crippen molar-refractivity contribution in [1.29, 1.82) is 0 Å². The Balaban J connectivity index is 2.44. The molecule has 0 saturated carbocycles. The van der Waals surface area contributed by atoms with Gasteiger partial charge in [-0.05, 0) is 17.5 Å². The van der Waals surface area contributed by atoms with Crippen LogP contribution in [0, 0.1) is 0 Å². The van der Waals surface area contributed by atoms with E-state index in [4.69, 9.17) is 0 Å². The number of likely N-dealkylation sites (N-methyl/N-ethyl adjacent to an activating group) is 1. The molecule has 0 heterocycles. The molecule has 0 unspecified atom stereocenters. The van der Waals surface area contributed by atoms with E-state index in [1.165, 1.54) is 17.8 Å². The van der Waals surface area contributed by atoms with Crippen molar-refractivity contribution >= 4 is 17.7 Å². The topological polar surface area (TPSA) is 29.1 Å². The van der Waals surface area contributed by atoms with Gasteiger partial charge in [-0.25, -0.2) is 0 Å². The molecule has 3 heteroatoms. The Morgan fingerprint density at radius 2 is 2.08 bits per heavy atom. The van der Waals surface area contributed by atoms with Gasteiger partial charge in [0, 0.05) is 18.0 Å². The third kappa shape index (κ3) is 3.80. The Kier molecular flexibility index (Phi) is 4.12. The average molecular weight is 193 g/mol. The molecule has 68 valence electrons. The molecule has 0 aliphatic heterocycles. The summed E-state index contributed by atoms with van der Waals surface area (Å²) in [5.74, 6) is -0.0802. The number of nitrogens with one attached hydrogen (secondary N) is 1. The molecular formula is C10H11NOS. The molecule has 0 atom stereocenters. The molecule has 0 spiro atoms. The van der Waals surface area contributed by atoms with Gasteiger partial charge in [0.25, 0.3) is 0 Å². The van der Waals surface area contributed by atoms with Crippen LogP contribution in [0.4, 0.5) is 0 Å². The van der Waals surface area contributed by atoms with Crippen LogP contribution in [0.15, 0.2) is 46.7 Å². The first-order valence-electron chi connectivity index (χ1n) is 3.93. The Morgan fingerprint density at radius 3 is 2.69 bits per heavy atom. The predicted octanol–water partition coefficient (Wildman–Crippen LogP) is 2.04. The fourth-order valence-electron chi connectivity index (χ4n) is 0.757. The standard InChI is InChI=1S/C10H11NOS/c1-11-10(12)7-8-13-9-5-3-2-4-6-9/h2-8H,1H3,(H,11,12)/b8-7+. The number of benzene rings is 1. The van der Waals surface area contributed by atoms with Crippen LogP contribution in [-0.2, 0) is 4.79 Å². The van der Waals surface area contributed by atoms with Gasteiger partial charge in [-0.2, -0.15) is 0 Å². The fourth-order valence-corrected chi connectivity index (χ4v) is 1.42. The Morgan fingerprint density at radius 1 is 1.38 bits per heavy atom. The third-order valence-electron chi connectivity index (χ3n) is 1.41. The van der Waals surface area contributed by atoms with E-state index in [2.05, 4.69) is 5.32 Å². The Labute approximate surface area is 82.0 Å². The molecule has 0 fully saturated rings. The number of hydrogen-bond acceptors (Lipinski definition) is 2. The first-order valence-corrected chi connectivity index (χ1v) is 4.81. The number of thioether (sulfide) groups is 1. The predicted molar refractivity (Wildman–Crippen MR) is 55.5 cm³/mol. The quantitative estimate of drug-likeness (QED) is 0.588. The van der Waals surface area contributed by atoms with Gasteiger partial charge < -0.3 is 5.32 Å². The second-order valence-electron chi connectivity index (χ2n) is 2.35. The minimum Gasteiger partial charge on any atom is -0.356 e. The molecule has 0 aromatic heterocycles. The minimum absolute atomic E-state index is 0.0802. The first-order chi connectivity index (χ1) is 6.33. The van der Waals surface area contributed by atoms with Crippen molar-refractivity contribution in [2.45, 2.75) is 4.90 Å². The van der Waals surface area contributed by atoms with E-state index >= 15 is 0 Å². The van der Waals surface area contributed by atoms with E-state index < -0.39 is 0 Å². The van der Waals surface area contributed by atoms with Crippen molar-refractivity contribution in [2.75, 3.05) is 7.05 Å². The summed E-state index contributed by atoms with van der Waals surface area (Å²) in [6.07, 6.45) is 1.51. The lowest BCUT2D eigenvalue weighted by Crippen LogP contribution is -2.13. The van der Waals surface area contributed by atoms with E-state index in [-0.39, 0.29) is 5.91 Å². The summed E-state index contributed by atoms with van der Waals surface area (Å²) in [4.78, 5) is 11.9. The maximum Gasteiger partial charge on any atom is 0.244 e. The van der Waals surface area contributed by atoms with E-state index in [9.17, 15) is 4.79 Å². The van der Waals surface area contributed by atoms with E-state index in [1.807, 2.05) is 30.3 Å².